The molecule has 0 radical (unpaired) electrons. The van der Waals surface area contributed by atoms with Crippen LogP contribution in [-0.2, 0) is 5.41 Å². The molecule has 6 aromatic rings. The van der Waals surface area contributed by atoms with Crippen molar-refractivity contribution in [3.05, 3.63) is 144 Å². The Hall–Kier alpha value is -4.28. The third-order valence-corrected chi connectivity index (χ3v) is 7.36. The van der Waals surface area contributed by atoms with Crippen LogP contribution in [0.1, 0.15) is 22.3 Å². The molecule has 1 aliphatic heterocycles. The Balaban J connectivity index is 1.72. The zero-order chi connectivity index (χ0) is 23.4. The Bertz CT molecular complexity index is 1670. The van der Waals surface area contributed by atoms with Gasteiger partial charge < -0.3 is 14.2 Å². The average molecular weight is 451 g/mol. The molecule has 0 aliphatic carbocycles. The molecule has 0 saturated heterocycles. The number of para-hydroxylation sites is 2. The van der Waals surface area contributed by atoms with E-state index in [0.29, 0.717) is 5.75 Å². The van der Waals surface area contributed by atoms with E-state index >= 15 is 0 Å². The molecule has 0 unspecified atom stereocenters. The molecule has 35 heavy (non-hydrogen) atoms. The van der Waals surface area contributed by atoms with Crippen LogP contribution in [-0.4, -0.2) is 17.3 Å². The molecular formula is C31H22BNO2. The fourth-order valence-electron chi connectivity index (χ4n) is 6.06. The van der Waals surface area contributed by atoms with Crippen molar-refractivity contribution in [2.24, 2.45) is 0 Å². The van der Waals surface area contributed by atoms with Crippen LogP contribution in [0.15, 0.2) is 121 Å². The summed E-state index contributed by atoms with van der Waals surface area (Å²) in [5, 5.41) is 11.6. The molecule has 5 aromatic carbocycles. The molecule has 4 heteroatoms. The van der Waals surface area contributed by atoms with Gasteiger partial charge in [-0.3, -0.25) is 0 Å². The fourth-order valence-corrected chi connectivity index (χ4v) is 6.06. The Morgan fingerprint density at radius 1 is 0.629 bits per heavy atom. The summed E-state index contributed by atoms with van der Waals surface area (Å²) in [4.78, 5) is 0. The number of rotatable bonds is 4. The minimum absolute atomic E-state index is 0.344. The van der Waals surface area contributed by atoms with Gasteiger partial charge >= 0.3 is 7.69 Å². The lowest BCUT2D eigenvalue weighted by Gasteiger charge is -2.41. The van der Waals surface area contributed by atoms with E-state index in [9.17, 15) is 5.02 Å². The predicted molar refractivity (Wildman–Crippen MR) is 143 cm³/mol. The molecule has 0 fully saturated rings. The topological polar surface area (TPSA) is 34.4 Å². The first kappa shape index (κ1) is 20.1. The Kier molecular flexibility index (Phi) is 4.38. The summed E-state index contributed by atoms with van der Waals surface area (Å²) >= 11 is 0. The molecule has 1 aromatic heterocycles. The zero-order valence-electron chi connectivity index (χ0n) is 19.1. The summed E-state index contributed by atoms with van der Waals surface area (Å²) in [6.07, 6.45) is 0. The van der Waals surface area contributed by atoms with E-state index in [-0.39, 0.29) is 7.69 Å². The zero-order valence-corrected chi connectivity index (χ0v) is 19.1. The van der Waals surface area contributed by atoms with Crippen molar-refractivity contribution in [3.63, 3.8) is 0 Å². The van der Waals surface area contributed by atoms with E-state index in [1.54, 1.807) is 0 Å². The van der Waals surface area contributed by atoms with Gasteiger partial charge in [0, 0.05) is 10.8 Å². The molecule has 0 saturated carbocycles. The van der Waals surface area contributed by atoms with Gasteiger partial charge in [0.15, 0.2) is 0 Å². The van der Waals surface area contributed by atoms with Crippen LogP contribution in [0.5, 0.6) is 5.75 Å². The first-order chi connectivity index (χ1) is 17.3. The molecule has 2 heterocycles. The van der Waals surface area contributed by atoms with Crippen molar-refractivity contribution < 1.29 is 9.68 Å². The van der Waals surface area contributed by atoms with Crippen molar-refractivity contribution >= 4 is 29.5 Å². The average Bonchev–Trinajstić information content (AvgIpc) is 3.25. The molecule has 0 atom stereocenters. The van der Waals surface area contributed by atoms with Crippen LogP contribution < -0.4 is 4.65 Å². The van der Waals surface area contributed by atoms with Crippen molar-refractivity contribution in [3.8, 4) is 11.4 Å². The highest BCUT2D eigenvalue weighted by molar-refractivity contribution is 6.18. The minimum atomic E-state index is -0.465. The van der Waals surface area contributed by atoms with E-state index in [1.807, 2.05) is 12.1 Å². The molecule has 1 aliphatic rings. The summed E-state index contributed by atoms with van der Waals surface area (Å²) in [6, 6.07) is 43.1. The number of hydrogen-bond acceptors (Lipinski definition) is 2. The van der Waals surface area contributed by atoms with Crippen molar-refractivity contribution in [1.82, 2.24) is 4.57 Å². The van der Waals surface area contributed by atoms with Gasteiger partial charge in [-0.2, -0.15) is 0 Å². The van der Waals surface area contributed by atoms with Gasteiger partial charge in [0.2, 0.25) is 0 Å². The normalized spacial score (nSPS) is 13.5. The van der Waals surface area contributed by atoms with Gasteiger partial charge in [-0.1, -0.05) is 97.1 Å². The van der Waals surface area contributed by atoms with Crippen LogP contribution in [0.3, 0.4) is 0 Å². The summed E-state index contributed by atoms with van der Waals surface area (Å²) in [5.74, 6) is 0.661. The maximum Gasteiger partial charge on any atom is 0.504 e. The van der Waals surface area contributed by atoms with Crippen molar-refractivity contribution in [2.75, 3.05) is 0 Å². The molecule has 3 nitrogen and oxygen atoms in total. The molecular weight excluding hydrogens is 429 g/mol. The van der Waals surface area contributed by atoms with Gasteiger partial charge in [0.05, 0.1) is 22.1 Å². The highest BCUT2D eigenvalue weighted by Crippen LogP contribution is 2.54. The first-order valence-electron chi connectivity index (χ1n) is 11.9. The SMILES string of the molecule is OBOc1ccc2c(c1)c1cccc3c1n2-c1ccccc1C3(c1ccccc1)c1ccccc1. The summed E-state index contributed by atoms with van der Waals surface area (Å²) < 4.78 is 7.84. The van der Waals surface area contributed by atoms with Crippen LogP contribution in [0.25, 0.3) is 27.5 Å². The van der Waals surface area contributed by atoms with Crippen LogP contribution in [0.4, 0.5) is 0 Å². The highest BCUT2D eigenvalue weighted by atomic mass is 16.5. The lowest BCUT2D eigenvalue weighted by Crippen LogP contribution is -2.35. The first-order valence-corrected chi connectivity index (χ1v) is 11.9. The largest absolute Gasteiger partial charge is 0.539 e. The van der Waals surface area contributed by atoms with E-state index in [0.717, 1.165) is 10.9 Å². The van der Waals surface area contributed by atoms with Crippen molar-refractivity contribution in [1.29, 1.82) is 0 Å². The fraction of sp³-hybridized carbons (Fsp3) is 0.0323. The predicted octanol–water partition coefficient (Wildman–Crippen LogP) is 6.12. The highest BCUT2D eigenvalue weighted by Gasteiger charge is 2.44. The molecule has 7 rings (SSSR count). The Labute approximate surface area is 204 Å². The Morgan fingerprint density at radius 2 is 1.29 bits per heavy atom. The summed E-state index contributed by atoms with van der Waals surface area (Å²) in [7, 11) is -0.344. The number of benzene rings is 5. The van der Waals surface area contributed by atoms with Crippen LogP contribution >= 0.6 is 0 Å². The standard InChI is InChI=1S/C31H22BNO2/c34-32-35-23-18-19-28-25(20-23)24-14-9-16-27-30(24)33(28)29-17-8-7-15-26(29)31(27,21-10-3-1-4-11-21)22-12-5-2-6-13-22/h1-20,32,34H. The molecule has 0 amide bonds. The number of fused-ring (bicyclic) bond motifs is 5. The van der Waals surface area contributed by atoms with Gasteiger partial charge in [-0.05, 0) is 46.5 Å². The summed E-state index contributed by atoms with van der Waals surface area (Å²) in [6.45, 7) is 0. The lowest BCUT2D eigenvalue weighted by molar-refractivity contribution is 0.454. The monoisotopic (exact) mass is 451 g/mol. The van der Waals surface area contributed by atoms with Gasteiger partial charge in [0.25, 0.3) is 0 Å². The van der Waals surface area contributed by atoms with E-state index in [1.165, 1.54) is 38.8 Å². The van der Waals surface area contributed by atoms with Gasteiger partial charge in [-0.25, -0.2) is 0 Å². The van der Waals surface area contributed by atoms with E-state index in [4.69, 9.17) is 4.65 Å². The van der Waals surface area contributed by atoms with Gasteiger partial charge in [0.1, 0.15) is 5.75 Å². The maximum absolute atomic E-state index is 9.33. The molecule has 166 valence electrons. The van der Waals surface area contributed by atoms with Gasteiger partial charge in [-0.15, -0.1) is 0 Å². The van der Waals surface area contributed by atoms with Crippen molar-refractivity contribution in [2.45, 2.75) is 5.41 Å². The molecule has 1 N–H and O–H groups in total. The Morgan fingerprint density at radius 3 is 2.00 bits per heavy atom. The van der Waals surface area contributed by atoms with E-state index < -0.39 is 5.41 Å². The van der Waals surface area contributed by atoms with E-state index in [2.05, 4.69) is 114 Å². The molecule has 0 bridgehead atoms. The second kappa shape index (κ2) is 7.62. The third kappa shape index (κ3) is 2.66. The quantitative estimate of drug-likeness (QED) is 0.328. The maximum atomic E-state index is 9.33. The lowest BCUT2D eigenvalue weighted by atomic mass is 9.63. The molecule has 0 spiro atoms. The number of aromatic nitrogens is 1. The second-order valence-corrected chi connectivity index (χ2v) is 8.99. The number of nitrogens with zero attached hydrogens (tertiary/aromatic N) is 1. The van der Waals surface area contributed by atoms with Crippen LogP contribution in [0.2, 0.25) is 0 Å². The second-order valence-electron chi connectivity index (χ2n) is 8.99. The number of hydrogen-bond donors (Lipinski definition) is 1. The third-order valence-electron chi connectivity index (χ3n) is 7.36. The van der Waals surface area contributed by atoms with Crippen LogP contribution in [0, 0.1) is 0 Å². The summed E-state index contributed by atoms with van der Waals surface area (Å²) in [5.41, 5.74) is 8.04. The minimum Gasteiger partial charge on any atom is -0.539 e. The smallest absolute Gasteiger partial charge is 0.504 e.